The van der Waals surface area contributed by atoms with E-state index in [0.717, 1.165) is 26.0 Å². The van der Waals surface area contributed by atoms with Crippen LogP contribution in [0.5, 0.6) is 0 Å². The third-order valence-corrected chi connectivity index (χ3v) is 2.42. The molecule has 0 bridgehead atoms. The summed E-state index contributed by atoms with van der Waals surface area (Å²) in [4.78, 5) is 0. The summed E-state index contributed by atoms with van der Waals surface area (Å²) in [5.41, 5.74) is 0.193. The van der Waals surface area contributed by atoms with Gasteiger partial charge in [0.2, 0.25) is 5.89 Å². The van der Waals surface area contributed by atoms with Crippen LogP contribution in [-0.4, -0.2) is 23.3 Å². The van der Waals surface area contributed by atoms with Gasteiger partial charge in [-0.25, -0.2) is 0 Å². The van der Waals surface area contributed by atoms with E-state index < -0.39 is 0 Å². The number of ether oxygens (including phenoxy) is 1. The van der Waals surface area contributed by atoms with E-state index >= 15 is 0 Å². The molecule has 5 nitrogen and oxygen atoms in total. The molecule has 1 aliphatic heterocycles. The number of anilines is 1. The molecular weight excluding hydrogens is 206 g/mol. The number of hydrogen-bond acceptors (Lipinski definition) is 5. The SMILES string of the molecule is CC(C)(C)CNc1nnc([C@H]2CCCO2)o1. The van der Waals surface area contributed by atoms with E-state index in [0.29, 0.717) is 11.9 Å². The first-order valence-corrected chi connectivity index (χ1v) is 5.73. The molecule has 0 radical (unpaired) electrons. The van der Waals surface area contributed by atoms with Crippen LogP contribution in [0.1, 0.15) is 45.6 Å². The molecular formula is C11H19N3O2. The van der Waals surface area contributed by atoms with Gasteiger partial charge in [0.25, 0.3) is 0 Å². The largest absolute Gasteiger partial charge is 0.405 e. The van der Waals surface area contributed by atoms with E-state index in [1.807, 2.05) is 0 Å². The van der Waals surface area contributed by atoms with Crippen molar-refractivity contribution in [3.05, 3.63) is 5.89 Å². The van der Waals surface area contributed by atoms with E-state index in [4.69, 9.17) is 9.15 Å². The highest BCUT2D eigenvalue weighted by Crippen LogP contribution is 2.28. The maximum atomic E-state index is 5.50. The van der Waals surface area contributed by atoms with Crippen molar-refractivity contribution in [2.75, 3.05) is 18.5 Å². The van der Waals surface area contributed by atoms with Gasteiger partial charge < -0.3 is 14.5 Å². The molecule has 1 N–H and O–H groups in total. The summed E-state index contributed by atoms with van der Waals surface area (Å²) in [6.07, 6.45) is 2.04. The third kappa shape index (κ3) is 2.95. The van der Waals surface area contributed by atoms with Gasteiger partial charge in [0.15, 0.2) is 0 Å². The molecule has 0 saturated carbocycles. The van der Waals surface area contributed by atoms with Crippen molar-refractivity contribution in [1.29, 1.82) is 0 Å². The van der Waals surface area contributed by atoms with Crippen LogP contribution < -0.4 is 5.32 Å². The fourth-order valence-electron chi connectivity index (χ4n) is 1.55. The van der Waals surface area contributed by atoms with Crippen LogP contribution in [0.15, 0.2) is 4.42 Å². The average molecular weight is 225 g/mol. The fourth-order valence-corrected chi connectivity index (χ4v) is 1.55. The van der Waals surface area contributed by atoms with Crippen molar-refractivity contribution >= 4 is 6.01 Å². The van der Waals surface area contributed by atoms with E-state index in [1.165, 1.54) is 0 Å². The average Bonchev–Trinajstić information content (AvgIpc) is 2.84. The van der Waals surface area contributed by atoms with E-state index in [-0.39, 0.29) is 11.5 Å². The Morgan fingerprint density at radius 2 is 2.19 bits per heavy atom. The van der Waals surface area contributed by atoms with Crippen LogP contribution in [0.2, 0.25) is 0 Å². The first-order valence-electron chi connectivity index (χ1n) is 5.73. The molecule has 5 heteroatoms. The normalized spacial score (nSPS) is 21.3. The lowest BCUT2D eigenvalue weighted by Crippen LogP contribution is -2.19. The van der Waals surface area contributed by atoms with Crippen LogP contribution in [0.4, 0.5) is 6.01 Å². The van der Waals surface area contributed by atoms with Gasteiger partial charge in [0.05, 0.1) is 0 Å². The number of nitrogens with zero attached hydrogens (tertiary/aromatic N) is 2. The van der Waals surface area contributed by atoms with E-state index in [1.54, 1.807) is 0 Å². The Balaban J connectivity index is 1.91. The van der Waals surface area contributed by atoms with Crippen LogP contribution in [-0.2, 0) is 4.74 Å². The molecule has 2 heterocycles. The van der Waals surface area contributed by atoms with Gasteiger partial charge in [0, 0.05) is 13.2 Å². The van der Waals surface area contributed by atoms with Crippen molar-refractivity contribution in [3.8, 4) is 0 Å². The highest BCUT2D eigenvalue weighted by molar-refractivity contribution is 5.17. The zero-order valence-electron chi connectivity index (χ0n) is 10.1. The summed E-state index contributed by atoms with van der Waals surface area (Å²) in [7, 11) is 0. The molecule has 16 heavy (non-hydrogen) atoms. The van der Waals surface area contributed by atoms with Crippen molar-refractivity contribution in [2.24, 2.45) is 5.41 Å². The third-order valence-electron chi connectivity index (χ3n) is 2.42. The predicted molar refractivity (Wildman–Crippen MR) is 60.2 cm³/mol. The maximum Gasteiger partial charge on any atom is 0.315 e. The molecule has 0 aliphatic carbocycles. The highest BCUT2D eigenvalue weighted by Gasteiger charge is 2.23. The van der Waals surface area contributed by atoms with Gasteiger partial charge in [0.1, 0.15) is 6.10 Å². The molecule has 2 rings (SSSR count). The monoisotopic (exact) mass is 225 g/mol. The van der Waals surface area contributed by atoms with Gasteiger partial charge in [-0.1, -0.05) is 25.9 Å². The van der Waals surface area contributed by atoms with Crippen molar-refractivity contribution < 1.29 is 9.15 Å². The molecule has 90 valence electrons. The molecule has 1 aromatic rings. The Morgan fingerprint density at radius 3 is 2.81 bits per heavy atom. The lowest BCUT2D eigenvalue weighted by atomic mass is 9.97. The summed E-state index contributed by atoms with van der Waals surface area (Å²) in [6.45, 7) is 8.05. The zero-order chi connectivity index (χ0) is 11.6. The lowest BCUT2D eigenvalue weighted by molar-refractivity contribution is 0.0897. The summed E-state index contributed by atoms with van der Waals surface area (Å²) in [5.74, 6) is 0.592. The summed E-state index contributed by atoms with van der Waals surface area (Å²) in [6, 6.07) is 0.487. The van der Waals surface area contributed by atoms with Crippen LogP contribution in [0.25, 0.3) is 0 Å². The minimum absolute atomic E-state index is 0.00214. The van der Waals surface area contributed by atoms with Crippen LogP contribution in [0, 0.1) is 5.41 Å². The Morgan fingerprint density at radius 1 is 1.38 bits per heavy atom. The molecule has 0 amide bonds. The van der Waals surface area contributed by atoms with Crippen molar-refractivity contribution in [3.63, 3.8) is 0 Å². The predicted octanol–water partition coefficient (Wildman–Crippen LogP) is 2.38. The quantitative estimate of drug-likeness (QED) is 0.855. The lowest BCUT2D eigenvalue weighted by Gasteiger charge is -2.17. The molecule has 1 saturated heterocycles. The smallest absolute Gasteiger partial charge is 0.315 e. The summed E-state index contributed by atoms with van der Waals surface area (Å²) < 4.78 is 11.0. The second kappa shape index (κ2) is 4.41. The standard InChI is InChI=1S/C11H19N3O2/c1-11(2,3)7-12-10-14-13-9(16-10)8-5-4-6-15-8/h8H,4-7H2,1-3H3,(H,12,14)/t8-/m1/s1. The van der Waals surface area contributed by atoms with Gasteiger partial charge >= 0.3 is 6.01 Å². The molecule has 0 aromatic carbocycles. The number of rotatable bonds is 3. The van der Waals surface area contributed by atoms with Crippen molar-refractivity contribution in [2.45, 2.75) is 39.7 Å². The van der Waals surface area contributed by atoms with Crippen LogP contribution >= 0.6 is 0 Å². The Hall–Kier alpha value is -1.10. The Bertz CT molecular complexity index is 337. The molecule has 1 aromatic heterocycles. The molecule has 1 aliphatic rings. The van der Waals surface area contributed by atoms with Crippen molar-refractivity contribution in [1.82, 2.24) is 10.2 Å². The highest BCUT2D eigenvalue weighted by atomic mass is 16.5. The second-order valence-electron chi connectivity index (χ2n) is 5.36. The van der Waals surface area contributed by atoms with Gasteiger partial charge in [-0.15, -0.1) is 5.10 Å². The minimum atomic E-state index is -0.00214. The van der Waals surface area contributed by atoms with Crippen LogP contribution in [0.3, 0.4) is 0 Å². The number of nitrogens with one attached hydrogen (secondary N) is 1. The minimum Gasteiger partial charge on any atom is -0.405 e. The van der Waals surface area contributed by atoms with E-state index in [9.17, 15) is 0 Å². The summed E-state index contributed by atoms with van der Waals surface area (Å²) in [5, 5.41) is 11.1. The first kappa shape index (κ1) is 11.4. The Labute approximate surface area is 95.6 Å². The van der Waals surface area contributed by atoms with E-state index in [2.05, 4.69) is 36.3 Å². The molecule has 1 atom stereocenters. The van der Waals surface area contributed by atoms with Gasteiger partial charge in [-0.05, 0) is 18.3 Å². The first-order chi connectivity index (χ1) is 7.54. The van der Waals surface area contributed by atoms with Gasteiger partial charge in [-0.2, -0.15) is 0 Å². The second-order valence-corrected chi connectivity index (χ2v) is 5.36. The zero-order valence-corrected chi connectivity index (χ0v) is 10.1. The molecule has 0 spiro atoms. The van der Waals surface area contributed by atoms with Gasteiger partial charge in [-0.3, -0.25) is 0 Å². The molecule has 1 fully saturated rings. The Kier molecular flexibility index (Phi) is 3.14. The maximum absolute atomic E-state index is 5.50. The number of hydrogen-bond donors (Lipinski definition) is 1. The topological polar surface area (TPSA) is 60.2 Å². The number of aromatic nitrogens is 2. The fraction of sp³-hybridized carbons (Fsp3) is 0.818. The molecule has 0 unspecified atom stereocenters. The summed E-state index contributed by atoms with van der Waals surface area (Å²) >= 11 is 0.